The lowest BCUT2D eigenvalue weighted by atomic mass is 10.2. The van der Waals surface area contributed by atoms with Crippen LogP contribution in [-0.4, -0.2) is 36.4 Å². The zero-order valence-corrected chi connectivity index (χ0v) is 17.6. The van der Waals surface area contributed by atoms with E-state index in [4.69, 9.17) is 4.98 Å². The Bertz CT molecular complexity index is 1050. The molecule has 5 rings (SSSR count). The number of para-hydroxylation sites is 1. The molecule has 2 atom stereocenters. The second kappa shape index (κ2) is 8.16. The number of nitrogens with zero attached hydrogens (tertiary/aromatic N) is 2. The van der Waals surface area contributed by atoms with Gasteiger partial charge in [0, 0.05) is 37.2 Å². The van der Waals surface area contributed by atoms with Crippen LogP contribution < -0.4 is 15.1 Å². The molecular weight excluding hydrogens is 396 g/mol. The molecule has 2 N–H and O–H groups in total. The summed E-state index contributed by atoms with van der Waals surface area (Å²) in [5.41, 5.74) is 2.71. The number of amides is 2. The van der Waals surface area contributed by atoms with E-state index in [9.17, 15) is 9.59 Å². The van der Waals surface area contributed by atoms with Crippen LogP contribution in [0.3, 0.4) is 0 Å². The van der Waals surface area contributed by atoms with E-state index in [1.807, 2.05) is 41.3 Å². The molecule has 6 nitrogen and oxygen atoms in total. The molecule has 3 aromatic rings. The van der Waals surface area contributed by atoms with Gasteiger partial charge in [0.25, 0.3) is 5.91 Å². The number of carbonyl (C=O) groups is 2. The molecule has 1 unspecified atom stereocenters. The van der Waals surface area contributed by atoms with Crippen LogP contribution >= 0.6 is 11.3 Å². The van der Waals surface area contributed by atoms with Crippen molar-refractivity contribution in [1.29, 1.82) is 0 Å². The predicted octanol–water partition coefficient (Wildman–Crippen LogP) is 2.78. The summed E-state index contributed by atoms with van der Waals surface area (Å²) in [4.78, 5) is 32.5. The third-order valence-electron chi connectivity index (χ3n) is 6.02. The molecule has 0 saturated carbocycles. The number of aromatic nitrogens is 1. The maximum absolute atomic E-state index is 12.7. The fourth-order valence-electron chi connectivity index (χ4n) is 4.52. The van der Waals surface area contributed by atoms with Crippen LogP contribution in [0.1, 0.15) is 36.7 Å². The minimum Gasteiger partial charge on any atom is -0.321 e. The lowest BCUT2D eigenvalue weighted by Gasteiger charge is -2.19. The maximum Gasteiger partial charge on any atom is 0.279 e. The van der Waals surface area contributed by atoms with Gasteiger partial charge in [-0.1, -0.05) is 12.1 Å². The number of benzene rings is 2. The van der Waals surface area contributed by atoms with Gasteiger partial charge in [0.1, 0.15) is 6.04 Å². The zero-order chi connectivity index (χ0) is 20.5. The summed E-state index contributed by atoms with van der Waals surface area (Å²) >= 11 is 1.75. The molecule has 2 aliphatic rings. The molecule has 0 aliphatic carbocycles. The van der Waals surface area contributed by atoms with Crippen molar-refractivity contribution in [2.45, 2.75) is 31.7 Å². The van der Waals surface area contributed by atoms with Crippen LogP contribution in [-0.2, 0) is 9.59 Å². The molecule has 2 fully saturated rings. The highest BCUT2D eigenvalue weighted by atomic mass is 32.1. The topological polar surface area (TPSA) is 66.7 Å². The minimum absolute atomic E-state index is 0.0167. The van der Waals surface area contributed by atoms with Crippen molar-refractivity contribution in [3.63, 3.8) is 0 Å². The Morgan fingerprint density at radius 1 is 1.17 bits per heavy atom. The summed E-state index contributed by atoms with van der Waals surface area (Å²) in [6.07, 6.45) is 3.71. The summed E-state index contributed by atoms with van der Waals surface area (Å²) in [5, 5.41) is 4.15. The quantitative estimate of drug-likeness (QED) is 0.666. The third-order valence-corrected chi connectivity index (χ3v) is 7.17. The standard InChI is InChI=1S/C23H24N4O2S/c28-21(24-16-9-11-17(12-10-16)27-14-4-8-22(27)29)15-26-13-3-6-19(26)23-25-18-5-1-2-7-20(18)30-23/h1-2,5,7,9-12,19H,3-4,6,8,13-15H2,(H,24,28)/p+1/t19-/m1/s1. The molecule has 154 valence electrons. The molecule has 2 aromatic carbocycles. The average Bonchev–Trinajstić information content (AvgIpc) is 3.47. The van der Waals surface area contributed by atoms with E-state index in [0.29, 0.717) is 13.0 Å². The molecule has 30 heavy (non-hydrogen) atoms. The lowest BCUT2D eigenvalue weighted by molar-refractivity contribution is -0.910. The van der Waals surface area contributed by atoms with Crippen LogP contribution in [0, 0.1) is 0 Å². The summed E-state index contributed by atoms with van der Waals surface area (Å²) < 4.78 is 1.21. The molecular formula is C23H25N4O2S+. The molecule has 2 saturated heterocycles. The number of carbonyl (C=O) groups excluding carboxylic acids is 2. The first-order valence-corrected chi connectivity index (χ1v) is 11.4. The Morgan fingerprint density at radius 2 is 2.00 bits per heavy atom. The van der Waals surface area contributed by atoms with Gasteiger partial charge in [0.15, 0.2) is 11.6 Å². The molecule has 3 heterocycles. The largest absolute Gasteiger partial charge is 0.321 e. The van der Waals surface area contributed by atoms with E-state index in [0.717, 1.165) is 54.3 Å². The number of nitrogens with one attached hydrogen (secondary N) is 2. The smallest absolute Gasteiger partial charge is 0.279 e. The Labute approximate surface area is 179 Å². The molecule has 0 bridgehead atoms. The second-order valence-corrected chi connectivity index (χ2v) is 9.11. The number of anilines is 2. The normalized spacial score (nSPS) is 21.5. The van der Waals surface area contributed by atoms with Crippen LogP contribution in [0.5, 0.6) is 0 Å². The van der Waals surface area contributed by atoms with Crippen LogP contribution in [0.15, 0.2) is 48.5 Å². The number of hydrogen-bond acceptors (Lipinski definition) is 4. The molecule has 7 heteroatoms. The Balaban J connectivity index is 1.23. The Hall–Kier alpha value is -2.77. The predicted molar refractivity (Wildman–Crippen MR) is 119 cm³/mol. The number of likely N-dealkylation sites (tertiary alicyclic amines) is 1. The molecule has 2 aliphatic heterocycles. The van der Waals surface area contributed by atoms with Gasteiger partial charge in [-0.2, -0.15) is 0 Å². The molecule has 0 spiro atoms. The van der Waals surface area contributed by atoms with Crippen molar-refractivity contribution in [2.24, 2.45) is 0 Å². The first-order valence-electron chi connectivity index (χ1n) is 10.6. The third kappa shape index (κ3) is 3.82. The SMILES string of the molecule is O=C(C[NH+]1CCC[C@@H]1c1nc2ccccc2s1)Nc1ccc(N2CCCC2=O)cc1. The maximum atomic E-state index is 12.7. The van der Waals surface area contributed by atoms with E-state index in [1.54, 1.807) is 11.3 Å². The van der Waals surface area contributed by atoms with Gasteiger partial charge in [-0.3, -0.25) is 9.59 Å². The zero-order valence-electron chi connectivity index (χ0n) is 16.8. The first kappa shape index (κ1) is 19.2. The van der Waals surface area contributed by atoms with Gasteiger partial charge in [0.2, 0.25) is 5.91 Å². The summed E-state index contributed by atoms with van der Waals surface area (Å²) in [5.74, 6) is 0.188. The van der Waals surface area contributed by atoms with Crippen molar-refractivity contribution in [3.05, 3.63) is 53.5 Å². The number of hydrogen-bond donors (Lipinski definition) is 2. The van der Waals surface area contributed by atoms with Gasteiger partial charge < -0.3 is 15.1 Å². The Morgan fingerprint density at radius 3 is 2.77 bits per heavy atom. The highest BCUT2D eigenvalue weighted by Crippen LogP contribution is 2.28. The summed E-state index contributed by atoms with van der Waals surface area (Å²) in [7, 11) is 0. The molecule has 2 amide bonds. The van der Waals surface area contributed by atoms with Crippen molar-refractivity contribution < 1.29 is 14.5 Å². The monoisotopic (exact) mass is 421 g/mol. The van der Waals surface area contributed by atoms with Crippen LogP contribution in [0.25, 0.3) is 10.2 Å². The van der Waals surface area contributed by atoms with Crippen LogP contribution in [0.4, 0.5) is 11.4 Å². The van der Waals surface area contributed by atoms with Crippen molar-refractivity contribution in [1.82, 2.24) is 4.98 Å². The Kier molecular flexibility index (Phi) is 5.23. The van der Waals surface area contributed by atoms with Gasteiger partial charge >= 0.3 is 0 Å². The fourth-order valence-corrected chi connectivity index (χ4v) is 5.68. The molecule has 1 aromatic heterocycles. The van der Waals surface area contributed by atoms with E-state index < -0.39 is 0 Å². The van der Waals surface area contributed by atoms with E-state index in [2.05, 4.69) is 17.4 Å². The van der Waals surface area contributed by atoms with E-state index >= 15 is 0 Å². The number of thiazole rings is 1. The second-order valence-electron chi connectivity index (χ2n) is 8.04. The van der Waals surface area contributed by atoms with Gasteiger partial charge in [-0.15, -0.1) is 11.3 Å². The van der Waals surface area contributed by atoms with Gasteiger partial charge in [-0.25, -0.2) is 4.98 Å². The van der Waals surface area contributed by atoms with Crippen molar-refractivity contribution >= 4 is 44.7 Å². The van der Waals surface area contributed by atoms with E-state index in [1.165, 1.54) is 9.60 Å². The van der Waals surface area contributed by atoms with Crippen LogP contribution in [0.2, 0.25) is 0 Å². The van der Waals surface area contributed by atoms with Gasteiger partial charge in [0.05, 0.1) is 16.8 Å². The van der Waals surface area contributed by atoms with E-state index in [-0.39, 0.29) is 17.9 Å². The highest BCUT2D eigenvalue weighted by molar-refractivity contribution is 7.18. The highest BCUT2D eigenvalue weighted by Gasteiger charge is 2.34. The minimum atomic E-state index is 0.0167. The summed E-state index contributed by atoms with van der Waals surface area (Å²) in [6.45, 7) is 2.20. The number of rotatable bonds is 5. The number of quaternary nitrogens is 1. The summed E-state index contributed by atoms with van der Waals surface area (Å²) in [6, 6.07) is 16.1. The van der Waals surface area contributed by atoms with Crippen molar-refractivity contribution in [2.75, 3.05) is 29.9 Å². The fraction of sp³-hybridized carbons (Fsp3) is 0.348. The van der Waals surface area contributed by atoms with Gasteiger partial charge in [-0.05, 0) is 42.8 Å². The molecule has 0 radical (unpaired) electrons. The van der Waals surface area contributed by atoms with Crippen molar-refractivity contribution in [3.8, 4) is 0 Å². The number of fused-ring (bicyclic) bond motifs is 1. The lowest BCUT2D eigenvalue weighted by Crippen LogP contribution is -3.11. The average molecular weight is 422 g/mol. The first-order chi connectivity index (χ1) is 14.7.